The van der Waals surface area contributed by atoms with E-state index in [9.17, 15) is 4.39 Å². The summed E-state index contributed by atoms with van der Waals surface area (Å²) in [6.07, 6.45) is 3.47. The van der Waals surface area contributed by atoms with Crippen LogP contribution in [0.15, 0.2) is 42.6 Å². The summed E-state index contributed by atoms with van der Waals surface area (Å²) >= 11 is 0. The number of hydrogen-bond acceptors (Lipinski definition) is 2. The predicted molar refractivity (Wildman–Crippen MR) is 62.5 cm³/mol. The van der Waals surface area contributed by atoms with Crippen molar-refractivity contribution in [2.75, 3.05) is 5.73 Å². The second-order valence-corrected chi connectivity index (χ2v) is 3.72. The largest absolute Gasteiger partial charge is 0.384 e. The molecular weight excluding hydrogens is 203 g/mol. The lowest BCUT2D eigenvalue weighted by Crippen LogP contribution is -1.95. The van der Waals surface area contributed by atoms with Gasteiger partial charge in [-0.2, -0.15) is 0 Å². The van der Waals surface area contributed by atoms with Crippen molar-refractivity contribution >= 4 is 5.82 Å². The molecule has 16 heavy (non-hydrogen) atoms. The Labute approximate surface area is 93.9 Å². The number of hydrogen-bond donors (Lipinski definition) is 1. The molecule has 0 amide bonds. The van der Waals surface area contributed by atoms with Crippen LogP contribution in [0, 0.1) is 5.82 Å². The van der Waals surface area contributed by atoms with Gasteiger partial charge in [0.1, 0.15) is 11.6 Å². The maximum Gasteiger partial charge on any atom is 0.123 e. The van der Waals surface area contributed by atoms with Crippen LogP contribution in [0.3, 0.4) is 0 Å². The highest BCUT2D eigenvalue weighted by Crippen LogP contribution is 2.09. The number of aromatic nitrogens is 1. The van der Waals surface area contributed by atoms with E-state index in [4.69, 9.17) is 5.73 Å². The SMILES string of the molecule is Nc1cc(CCc2ccc(F)cc2)ccn1. The van der Waals surface area contributed by atoms with Gasteiger partial charge < -0.3 is 5.73 Å². The highest BCUT2D eigenvalue weighted by Gasteiger charge is 1.97. The molecule has 0 bridgehead atoms. The van der Waals surface area contributed by atoms with E-state index in [1.54, 1.807) is 18.3 Å². The van der Waals surface area contributed by atoms with Crippen molar-refractivity contribution in [3.05, 3.63) is 59.5 Å². The van der Waals surface area contributed by atoms with E-state index in [1.165, 1.54) is 12.1 Å². The monoisotopic (exact) mass is 216 g/mol. The van der Waals surface area contributed by atoms with E-state index < -0.39 is 0 Å². The summed E-state index contributed by atoms with van der Waals surface area (Å²) in [5.74, 6) is 0.341. The van der Waals surface area contributed by atoms with Crippen molar-refractivity contribution in [1.29, 1.82) is 0 Å². The standard InChI is InChI=1S/C13H13FN2/c14-12-5-3-10(4-6-12)1-2-11-7-8-16-13(15)9-11/h3-9H,1-2H2,(H2,15,16). The molecule has 2 aromatic rings. The second kappa shape index (κ2) is 4.75. The summed E-state index contributed by atoms with van der Waals surface area (Å²) < 4.78 is 12.7. The van der Waals surface area contributed by atoms with Gasteiger partial charge in [-0.1, -0.05) is 12.1 Å². The Balaban J connectivity index is 1.99. The zero-order chi connectivity index (χ0) is 11.4. The molecular formula is C13H13FN2. The van der Waals surface area contributed by atoms with E-state index in [-0.39, 0.29) is 5.82 Å². The molecule has 0 saturated heterocycles. The minimum Gasteiger partial charge on any atom is -0.384 e. The molecule has 0 saturated carbocycles. The van der Waals surface area contributed by atoms with Crippen LogP contribution < -0.4 is 5.73 Å². The number of nitrogens with two attached hydrogens (primary N) is 1. The Bertz CT molecular complexity index is 466. The lowest BCUT2D eigenvalue weighted by molar-refractivity contribution is 0.627. The van der Waals surface area contributed by atoms with E-state index in [0.717, 1.165) is 24.0 Å². The second-order valence-electron chi connectivity index (χ2n) is 3.72. The molecule has 0 atom stereocenters. The zero-order valence-electron chi connectivity index (χ0n) is 8.86. The van der Waals surface area contributed by atoms with Crippen molar-refractivity contribution < 1.29 is 4.39 Å². The van der Waals surface area contributed by atoms with Gasteiger partial charge >= 0.3 is 0 Å². The number of benzene rings is 1. The number of nitrogens with zero attached hydrogens (tertiary/aromatic N) is 1. The zero-order valence-corrected chi connectivity index (χ0v) is 8.86. The maximum atomic E-state index is 12.7. The molecule has 0 unspecified atom stereocenters. The fraction of sp³-hybridized carbons (Fsp3) is 0.154. The molecule has 0 aliphatic carbocycles. The summed E-state index contributed by atoms with van der Waals surface area (Å²) in [6, 6.07) is 10.4. The molecule has 2 rings (SSSR count). The van der Waals surface area contributed by atoms with Crippen LogP contribution in [-0.4, -0.2) is 4.98 Å². The number of anilines is 1. The van der Waals surface area contributed by atoms with Crippen LogP contribution in [0.25, 0.3) is 0 Å². The molecule has 0 aliphatic rings. The number of nitrogen functional groups attached to an aromatic ring is 1. The van der Waals surface area contributed by atoms with Crippen molar-refractivity contribution in [2.45, 2.75) is 12.8 Å². The molecule has 0 fully saturated rings. The third-order valence-corrected chi connectivity index (χ3v) is 2.46. The Morgan fingerprint density at radius 1 is 1.00 bits per heavy atom. The molecule has 0 radical (unpaired) electrons. The third-order valence-electron chi connectivity index (χ3n) is 2.46. The molecule has 0 aliphatic heterocycles. The first-order chi connectivity index (χ1) is 7.74. The Morgan fingerprint density at radius 2 is 1.69 bits per heavy atom. The Kier molecular flexibility index (Phi) is 3.15. The number of rotatable bonds is 3. The van der Waals surface area contributed by atoms with Crippen molar-refractivity contribution in [1.82, 2.24) is 4.98 Å². The van der Waals surface area contributed by atoms with Gasteiger partial charge in [0.05, 0.1) is 0 Å². The number of aryl methyl sites for hydroxylation is 2. The van der Waals surface area contributed by atoms with Gasteiger partial charge in [-0.3, -0.25) is 0 Å². The highest BCUT2D eigenvalue weighted by molar-refractivity contribution is 5.32. The quantitative estimate of drug-likeness (QED) is 0.856. The minimum absolute atomic E-state index is 0.197. The topological polar surface area (TPSA) is 38.9 Å². The normalized spacial score (nSPS) is 10.3. The van der Waals surface area contributed by atoms with Crippen LogP contribution in [0.4, 0.5) is 10.2 Å². The summed E-state index contributed by atoms with van der Waals surface area (Å²) in [6.45, 7) is 0. The van der Waals surface area contributed by atoms with Gasteiger partial charge in [0, 0.05) is 6.20 Å². The van der Waals surface area contributed by atoms with E-state index in [2.05, 4.69) is 4.98 Å². The molecule has 1 aromatic carbocycles. The molecule has 3 heteroatoms. The number of halogens is 1. The summed E-state index contributed by atoms with van der Waals surface area (Å²) in [5.41, 5.74) is 7.86. The first-order valence-corrected chi connectivity index (χ1v) is 5.19. The Morgan fingerprint density at radius 3 is 2.38 bits per heavy atom. The van der Waals surface area contributed by atoms with Crippen molar-refractivity contribution in [3.8, 4) is 0 Å². The molecule has 82 valence electrons. The molecule has 2 nitrogen and oxygen atoms in total. The lowest BCUT2D eigenvalue weighted by Gasteiger charge is -2.02. The summed E-state index contributed by atoms with van der Waals surface area (Å²) in [7, 11) is 0. The fourth-order valence-electron chi connectivity index (χ4n) is 1.59. The van der Waals surface area contributed by atoms with Crippen LogP contribution in [-0.2, 0) is 12.8 Å². The van der Waals surface area contributed by atoms with Gasteiger partial charge in [0.2, 0.25) is 0 Å². The number of pyridine rings is 1. The average molecular weight is 216 g/mol. The van der Waals surface area contributed by atoms with Crippen LogP contribution in [0.1, 0.15) is 11.1 Å². The third kappa shape index (κ3) is 2.79. The van der Waals surface area contributed by atoms with Crippen molar-refractivity contribution in [3.63, 3.8) is 0 Å². The molecule has 1 heterocycles. The summed E-state index contributed by atoms with van der Waals surface area (Å²) in [5, 5.41) is 0. The smallest absolute Gasteiger partial charge is 0.123 e. The van der Waals surface area contributed by atoms with Crippen molar-refractivity contribution in [2.24, 2.45) is 0 Å². The molecule has 0 spiro atoms. The van der Waals surface area contributed by atoms with Crippen LogP contribution >= 0.6 is 0 Å². The summed E-state index contributed by atoms with van der Waals surface area (Å²) in [4.78, 5) is 3.93. The van der Waals surface area contributed by atoms with E-state index in [1.807, 2.05) is 12.1 Å². The first-order valence-electron chi connectivity index (χ1n) is 5.19. The van der Waals surface area contributed by atoms with E-state index in [0.29, 0.717) is 5.82 Å². The molecule has 2 N–H and O–H groups in total. The minimum atomic E-state index is -0.197. The predicted octanol–water partition coefficient (Wildman–Crippen LogP) is 2.59. The Hall–Kier alpha value is -1.90. The lowest BCUT2D eigenvalue weighted by atomic mass is 10.1. The van der Waals surface area contributed by atoms with E-state index >= 15 is 0 Å². The maximum absolute atomic E-state index is 12.7. The van der Waals surface area contributed by atoms with Crippen LogP contribution in [0.5, 0.6) is 0 Å². The molecule has 1 aromatic heterocycles. The van der Waals surface area contributed by atoms with Gasteiger partial charge in [-0.15, -0.1) is 0 Å². The van der Waals surface area contributed by atoms with Gasteiger partial charge in [-0.25, -0.2) is 9.37 Å². The first kappa shape index (κ1) is 10.6. The van der Waals surface area contributed by atoms with Gasteiger partial charge in [0.15, 0.2) is 0 Å². The van der Waals surface area contributed by atoms with Crippen LogP contribution in [0.2, 0.25) is 0 Å². The highest BCUT2D eigenvalue weighted by atomic mass is 19.1. The average Bonchev–Trinajstić information content (AvgIpc) is 2.28. The van der Waals surface area contributed by atoms with Gasteiger partial charge in [0.25, 0.3) is 0 Å². The fourth-order valence-corrected chi connectivity index (χ4v) is 1.59. The van der Waals surface area contributed by atoms with Gasteiger partial charge in [-0.05, 0) is 48.2 Å².